The molecule has 2 unspecified atom stereocenters. The van der Waals surface area contributed by atoms with Gasteiger partial charge in [0.1, 0.15) is 0 Å². The number of benzene rings is 1. The minimum absolute atomic E-state index is 0.172. The Morgan fingerprint density at radius 1 is 1.35 bits per heavy atom. The topological polar surface area (TPSA) is 70.2 Å². The number of aromatic amines is 1. The molecule has 3 rings (SSSR count). The number of aliphatic hydroxyl groups is 1. The van der Waals surface area contributed by atoms with Gasteiger partial charge in [0.2, 0.25) is 0 Å². The van der Waals surface area contributed by atoms with Crippen molar-refractivity contribution in [2.45, 2.75) is 30.8 Å². The second-order valence-corrected chi connectivity index (χ2v) is 8.39. The second kappa shape index (κ2) is 5.35. The Balaban J connectivity index is 2.34. The maximum atomic E-state index is 12.3. The summed E-state index contributed by atoms with van der Waals surface area (Å²) in [6.45, 7) is 3.57. The largest absolute Gasteiger partial charge is 0.385 e. The Morgan fingerprint density at radius 3 is 2.70 bits per heavy atom. The Morgan fingerprint density at radius 2 is 2.09 bits per heavy atom. The zero-order chi connectivity index (χ0) is 16.8. The van der Waals surface area contributed by atoms with Crippen molar-refractivity contribution in [3.8, 4) is 0 Å². The summed E-state index contributed by atoms with van der Waals surface area (Å²) < 4.78 is 24.7. The van der Waals surface area contributed by atoms with Gasteiger partial charge in [0.05, 0.1) is 10.5 Å². The minimum Gasteiger partial charge on any atom is -0.385 e. The molecule has 23 heavy (non-hydrogen) atoms. The van der Waals surface area contributed by atoms with E-state index in [-0.39, 0.29) is 10.8 Å². The molecule has 1 heterocycles. The highest BCUT2D eigenvalue weighted by atomic mass is 32.2. The standard InChI is InChI=1S/C18H21NO3S/c1-12-11-15(23(3,21)22)16(14-9-10-19-17(12)14)18(2,20)13-7-5-4-6-8-13/h4-7,9-11,13,19-20H,8H2,1-3H3. The van der Waals surface area contributed by atoms with Crippen LogP contribution in [0.3, 0.4) is 0 Å². The molecule has 0 fully saturated rings. The fourth-order valence-corrected chi connectivity index (χ4v) is 4.45. The zero-order valence-electron chi connectivity index (χ0n) is 13.5. The normalized spacial score (nSPS) is 20.8. The summed E-state index contributed by atoms with van der Waals surface area (Å²) >= 11 is 0. The minimum atomic E-state index is -3.46. The molecule has 1 aromatic heterocycles. The number of aryl methyl sites for hydroxylation is 1. The molecule has 5 heteroatoms. The van der Waals surface area contributed by atoms with Crippen LogP contribution in [0.4, 0.5) is 0 Å². The lowest BCUT2D eigenvalue weighted by molar-refractivity contribution is 0.0129. The summed E-state index contributed by atoms with van der Waals surface area (Å²) in [6.07, 6.45) is 11.4. The lowest BCUT2D eigenvalue weighted by Crippen LogP contribution is -2.33. The third kappa shape index (κ3) is 2.64. The van der Waals surface area contributed by atoms with E-state index in [1.165, 1.54) is 6.26 Å². The molecule has 122 valence electrons. The average Bonchev–Trinajstić information content (AvgIpc) is 2.96. The molecule has 4 nitrogen and oxygen atoms in total. The number of fused-ring (bicyclic) bond motifs is 1. The van der Waals surface area contributed by atoms with Crippen LogP contribution in [0.1, 0.15) is 24.5 Å². The lowest BCUT2D eigenvalue weighted by Gasteiger charge is -2.34. The molecular formula is C18H21NO3S. The van der Waals surface area contributed by atoms with E-state index in [4.69, 9.17) is 0 Å². The fraction of sp³-hybridized carbons (Fsp3) is 0.333. The number of hydrogen-bond donors (Lipinski definition) is 2. The maximum Gasteiger partial charge on any atom is 0.175 e. The molecule has 1 aliphatic rings. The summed E-state index contributed by atoms with van der Waals surface area (Å²) in [5, 5.41) is 12.1. The van der Waals surface area contributed by atoms with E-state index in [9.17, 15) is 13.5 Å². The van der Waals surface area contributed by atoms with Gasteiger partial charge >= 0.3 is 0 Å². The summed E-state index contributed by atoms with van der Waals surface area (Å²) in [7, 11) is -3.46. The molecule has 1 aliphatic carbocycles. The van der Waals surface area contributed by atoms with E-state index in [2.05, 4.69) is 4.98 Å². The zero-order valence-corrected chi connectivity index (χ0v) is 14.3. The van der Waals surface area contributed by atoms with Gasteiger partial charge in [0.15, 0.2) is 9.84 Å². The van der Waals surface area contributed by atoms with Gasteiger partial charge in [-0.3, -0.25) is 0 Å². The van der Waals surface area contributed by atoms with Crippen LogP contribution in [0.15, 0.2) is 47.5 Å². The van der Waals surface area contributed by atoms with Crippen molar-refractivity contribution in [2.24, 2.45) is 5.92 Å². The van der Waals surface area contributed by atoms with Gasteiger partial charge in [0, 0.05) is 34.8 Å². The monoisotopic (exact) mass is 331 g/mol. The predicted octanol–water partition coefficient (Wildman–Crippen LogP) is 3.22. The predicted molar refractivity (Wildman–Crippen MR) is 92.1 cm³/mol. The van der Waals surface area contributed by atoms with Crippen LogP contribution in [0.2, 0.25) is 0 Å². The highest BCUT2D eigenvalue weighted by Crippen LogP contribution is 2.42. The molecule has 0 aliphatic heterocycles. The number of aromatic nitrogens is 1. The van der Waals surface area contributed by atoms with E-state index in [0.29, 0.717) is 12.0 Å². The van der Waals surface area contributed by atoms with Gasteiger partial charge in [-0.1, -0.05) is 24.3 Å². The van der Waals surface area contributed by atoms with Crippen LogP contribution in [-0.2, 0) is 15.4 Å². The number of H-pyrrole nitrogens is 1. The van der Waals surface area contributed by atoms with Crippen LogP contribution in [-0.4, -0.2) is 24.8 Å². The Hall–Kier alpha value is -1.85. The smallest absolute Gasteiger partial charge is 0.175 e. The number of hydrogen-bond acceptors (Lipinski definition) is 3. The molecular weight excluding hydrogens is 310 g/mol. The SMILES string of the molecule is Cc1cc(S(C)(=O)=O)c(C(C)(O)C2C=CC=CC2)c2cc[nH]c12. The Labute approximate surface area is 136 Å². The summed E-state index contributed by atoms with van der Waals surface area (Å²) in [5.41, 5.74) is 0.909. The van der Waals surface area contributed by atoms with Crippen molar-refractivity contribution >= 4 is 20.7 Å². The maximum absolute atomic E-state index is 12.3. The van der Waals surface area contributed by atoms with Gasteiger partial charge in [0.25, 0.3) is 0 Å². The van der Waals surface area contributed by atoms with Crippen molar-refractivity contribution in [1.29, 1.82) is 0 Å². The molecule has 0 saturated heterocycles. The Bertz CT molecular complexity index is 917. The molecule has 2 atom stereocenters. The van der Waals surface area contributed by atoms with Crippen LogP contribution < -0.4 is 0 Å². The highest BCUT2D eigenvalue weighted by molar-refractivity contribution is 7.90. The van der Waals surface area contributed by atoms with E-state index in [1.54, 1.807) is 19.2 Å². The van der Waals surface area contributed by atoms with Gasteiger partial charge in [-0.15, -0.1) is 0 Å². The number of allylic oxidation sites excluding steroid dienone is 3. The summed E-state index contributed by atoms with van der Waals surface area (Å²) in [5.74, 6) is -0.172. The van der Waals surface area contributed by atoms with Crippen molar-refractivity contribution in [1.82, 2.24) is 4.98 Å². The molecule has 0 amide bonds. The summed E-state index contributed by atoms with van der Waals surface area (Å²) in [6, 6.07) is 3.49. The van der Waals surface area contributed by atoms with Gasteiger partial charge < -0.3 is 10.1 Å². The van der Waals surface area contributed by atoms with Crippen molar-refractivity contribution < 1.29 is 13.5 Å². The fourth-order valence-electron chi connectivity index (χ4n) is 3.38. The van der Waals surface area contributed by atoms with E-state index >= 15 is 0 Å². The van der Waals surface area contributed by atoms with Gasteiger partial charge in [-0.2, -0.15) is 0 Å². The van der Waals surface area contributed by atoms with Gasteiger partial charge in [-0.05, 0) is 38.0 Å². The molecule has 2 aromatic rings. The molecule has 0 bridgehead atoms. The third-order valence-electron chi connectivity index (χ3n) is 4.61. The van der Waals surface area contributed by atoms with E-state index < -0.39 is 15.4 Å². The first-order valence-corrected chi connectivity index (χ1v) is 9.49. The summed E-state index contributed by atoms with van der Waals surface area (Å²) in [4.78, 5) is 3.35. The van der Waals surface area contributed by atoms with Crippen LogP contribution in [0, 0.1) is 12.8 Å². The average molecular weight is 331 g/mol. The molecule has 0 saturated carbocycles. The first-order valence-electron chi connectivity index (χ1n) is 7.60. The lowest BCUT2D eigenvalue weighted by atomic mass is 9.78. The van der Waals surface area contributed by atoms with E-state index in [1.807, 2.05) is 37.3 Å². The number of rotatable bonds is 3. The number of nitrogens with one attached hydrogen (secondary N) is 1. The second-order valence-electron chi connectivity index (χ2n) is 6.41. The quantitative estimate of drug-likeness (QED) is 0.907. The Kier molecular flexibility index (Phi) is 3.73. The van der Waals surface area contributed by atoms with E-state index in [0.717, 1.165) is 16.5 Å². The van der Waals surface area contributed by atoms with Gasteiger partial charge in [-0.25, -0.2) is 8.42 Å². The molecule has 1 aromatic carbocycles. The molecule has 2 N–H and O–H groups in total. The van der Waals surface area contributed by atoms with Crippen molar-refractivity contribution in [3.05, 3.63) is 53.8 Å². The van der Waals surface area contributed by atoms with Crippen molar-refractivity contribution in [2.75, 3.05) is 6.26 Å². The first-order chi connectivity index (χ1) is 10.7. The molecule has 0 radical (unpaired) electrons. The van der Waals surface area contributed by atoms with Crippen LogP contribution in [0.5, 0.6) is 0 Å². The molecule has 0 spiro atoms. The first kappa shape index (κ1) is 16.0. The van der Waals surface area contributed by atoms with Crippen molar-refractivity contribution in [3.63, 3.8) is 0 Å². The third-order valence-corrected chi connectivity index (χ3v) is 5.73. The van der Waals surface area contributed by atoms with Crippen LogP contribution in [0.25, 0.3) is 10.9 Å². The number of sulfone groups is 1. The highest BCUT2D eigenvalue weighted by Gasteiger charge is 2.37. The van der Waals surface area contributed by atoms with Crippen LogP contribution >= 0.6 is 0 Å².